The van der Waals surface area contributed by atoms with Gasteiger partial charge in [-0.2, -0.15) is 0 Å². The Morgan fingerprint density at radius 3 is 2.36 bits per heavy atom. The Labute approximate surface area is 130 Å². The second kappa shape index (κ2) is 6.19. The lowest BCUT2D eigenvalue weighted by Crippen LogP contribution is -2.14. The zero-order valence-corrected chi connectivity index (χ0v) is 13.5. The SMILES string of the molecule is Cc1cccc(NC(=O)c2ccc(NS(C)(=O)=O)c(C)c2)c1. The van der Waals surface area contributed by atoms with Crippen LogP contribution in [0.5, 0.6) is 0 Å². The predicted molar refractivity (Wildman–Crippen MR) is 88.8 cm³/mol. The van der Waals surface area contributed by atoms with Gasteiger partial charge in [-0.1, -0.05) is 12.1 Å². The number of rotatable bonds is 4. The molecule has 5 nitrogen and oxygen atoms in total. The van der Waals surface area contributed by atoms with Crippen LogP contribution in [0.2, 0.25) is 0 Å². The lowest BCUT2D eigenvalue weighted by Gasteiger charge is -2.10. The van der Waals surface area contributed by atoms with Gasteiger partial charge >= 0.3 is 0 Å². The number of hydrogen-bond acceptors (Lipinski definition) is 3. The van der Waals surface area contributed by atoms with Crippen LogP contribution in [0.15, 0.2) is 42.5 Å². The Bertz CT molecular complexity index is 814. The van der Waals surface area contributed by atoms with Gasteiger partial charge in [-0.3, -0.25) is 9.52 Å². The molecule has 0 bridgehead atoms. The van der Waals surface area contributed by atoms with E-state index in [9.17, 15) is 13.2 Å². The zero-order valence-electron chi connectivity index (χ0n) is 12.7. The van der Waals surface area contributed by atoms with Gasteiger partial charge in [-0.25, -0.2) is 8.42 Å². The first-order valence-corrected chi connectivity index (χ1v) is 8.60. The number of carbonyl (C=O) groups excluding carboxylic acids is 1. The summed E-state index contributed by atoms with van der Waals surface area (Å²) in [4.78, 5) is 12.2. The van der Waals surface area contributed by atoms with E-state index in [2.05, 4.69) is 10.0 Å². The van der Waals surface area contributed by atoms with Crippen LogP contribution in [-0.4, -0.2) is 20.6 Å². The minimum absolute atomic E-state index is 0.236. The Morgan fingerprint density at radius 1 is 1.05 bits per heavy atom. The molecule has 0 spiro atoms. The number of nitrogens with one attached hydrogen (secondary N) is 2. The molecule has 0 aliphatic rings. The van der Waals surface area contributed by atoms with Crippen molar-refractivity contribution in [2.75, 3.05) is 16.3 Å². The molecule has 0 aliphatic heterocycles. The maximum absolute atomic E-state index is 12.2. The van der Waals surface area contributed by atoms with Gasteiger partial charge < -0.3 is 5.32 Å². The van der Waals surface area contributed by atoms with E-state index in [1.54, 1.807) is 25.1 Å². The van der Waals surface area contributed by atoms with Gasteiger partial charge in [0.25, 0.3) is 5.91 Å². The molecule has 0 saturated heterocycles. The molecule has 0 heterocycles. The fourth-order valence-corrected chi connectivity index (χ4v) is 2.67. The summed E-state index contributed by atoms with van der Waals surface area (Å²) in [6, 6.07) is 12.3. The molecule has 2 rings (SSSR count). The quantitative estimate of drug-likeness (QED) is 0.910. The first-order valence-electron chi connectivity index (χ1n) is 6.71. The van der Waals surface area contributed by atoms with Crippen molar-refractivity contribution in [3.63, 3.8) is 0 Å². The molecule has 2 aromatic rings. The van der Waals surface area contributed by atoms with Crippen LogP contribution in [-0.2, 0) is 10.0 Å². The number of hydrogen-bond donors (Lipinski definition) is 2. The number of aryl methyl sites for hydroxylation is 2. The largest absolute Gasteiger partial charge is 0.322 e. The second-order valence-electron chi connectivity index (χ2n) is 5.23. The van der Waals surface area contributed by atoms with E-state index in [1.807, 2.05) is 31.2 Å². The predicted octanol–water partition coefficient (Wildman–Crippen LogP) is 2.93. The molecule has 6 heteroatoms. The molecular formula is C16H18N2O3S. The lowest BCUT2D eigenvalue weighted by atomic mass is 10.1. The maximum Gasteiger partial charge on any atom is 0.255 e. The van der Waals surface area contributed by atoms with E-state index in [1.165, 1.54) is 0 Å². The van der Waals surface area contributed by atoms with Crippen LogP contribution < -0.4 is 10.0 Å². The van der Waals surface area contributed by atoms with Gasteiger partial charge in [0.2, 0.25) is 10.0 Å². The third kappa shape index (κ3) is 4.33. The van der Waals surface area contributed by atoms with Crippen molar-refractivity contribution in [3.05, 3.63) is 59.2 Å². The highest BCUT2D eigenvalue weighted by molar-refractivity contribution is 7.92. The number of benzene rings is 2. The van der Waals surface area contributed by atoms with Crippen LogP contribution >= 0.6 is 0 Å². The van der Waals surface area contributed by atoms with Crippen LogP contribution in [0, 0.1) is 13.8 Å². The Kier molecular flexibility index (Phi) is 4.51. The van der Waals surface area contributed by atoms with E-state index >= 15 is 0 Å². The number of carbonyl (C=O) groups is 1. The van der Waals surface area contributed by atoms with Crippen LogP contribution in [0.25, 0.3) is 0 Å². The van der Waals surface area contributed by atoms with E-state index in [-0.39, 0.29) is 5.91 Å². The third-order valence-corrected chi connectivity index (χ3v) is 3.65. The molecule has 22 heavy (non-hydrogen) atoms. The van der Waals surface area contributed by atoms with Crippen molar-refractivity contribution in [2.24, 2.45) is 0 Å². The first kappa shape index (κ1) is 16.0. The van der Waals surface area contributed by atoms with Crippen LogP contribution in [0.4, 0.5) is 11.4 Å². The van der Waals surface area contributed by atoms with Gasteiger partial charge in [0.05, 0.1) is 11.9 Å². The van der Waals surface area contributed by atoms with E-state index in [4.69, 9.17) is 0 Å². The maximum atomic E-state index is 12.2. The summed E-state index contributed by atoms with van der Waals surface area (Å²) in [7, 11) is -3.34. The van der Waals surface area contributed by atoms with E-state index in [0.717, 1.165) is 17.5 Å². The number of sulfonamides is 1. The minimum atomic E-state index is -3.34. The summed E-state index contributed by atoms with van der Waals surface area (Å²) in [6.07, 6.45) is 1.09. The summed E-state index contributed by atoms with van der Waals surface area (Å²) >= 11 is 0. The monoisotopic (exact) mass is 318 g/mol. The minimum Gasteiger partial charge on any atom is -0.322 e. The normalized spacial score (nSPS) is 11.0. The average Bonchev–Trinajstić information content (AvgIpc) is 2.39. The van der Waals surface area contributed by atoms with Crippen molar-refractivity contribution < 1.29 is 13.2 Å². The van der Waals surface area contributed by atoms with Gasteiger partial charge in [-0.15, -0.1) is 0 Å². The van der Waals surface area contributed by atoms with E-state index < -0.39 is 10.0 Å². The van der Waals surface area contributed by atoms with Crippen molar-refractivity contribution in [2.45, 2.75) is 13.8 Å². The van der Waals surface area contributed by atoms with Crippen LogP contribution in [0.3, 0.4) is 0 Å². The lowest BCUT2D eigenvalue weighted by molar-refractivity contribution is 0.102. The molecule has 1 amide bonds. The molecule has 0 saturated carbocycles. The number of anilines is 2. The Hall–Kier alpha value is -2.34. The molecule has 0 aliphatic carbocycles. The molecule has 0 aromatic heterocycles. The molecule has 0 fully saturated rings. The van der Waals surface area contributed by atoms with Gasteiger partial charge in [0.1, 0.15) is 0 Å². The second-order valence-corrected chi connectivity index (χ2v) is 6.98. The summed E-state index contributed by atoms with van der Waals surface area (Å²) in [5.74, 6) is -0.236. The highest BCUT2D eigenvalue weighted by Crippen LogP contribution is 2.19. The first-order chi connectivity index (χ1) is 10.2. The highest BCUT2D eigenvalue weighted by Gasteiger charge is 2.10. The fourth-order valence-electron chi connectivity index (χ4n) is 2.05. The topological polar surface area (TPSA) is 75.3 Å². The van der Waals surface area contributed by atoms with E-state index in [0.29, 0.717) is 16.8 Å². The van der Waals surface area contributed by atoms with Crippen molar-refractivity contribution >= 4 is 27.3 Å². The fraction of sp³-hybridized carbons (Fsp3) is 0.188. The smallest absolute Gasteiger partial charge is 0.255 e. The Morgan fingerprint density at radius 2 is 1.77 bits per heavy atom. The summed E-state index contributed by atoms with van der Waals surface area (Å²) in [6.45, 7) is 3.70. The highest BCUT2D eigenvalue weighted by atomic mass is 32.2. The third-order valence-electron chi connectivity index (χ3n) is 3.06. The van der Waals surface area contributed by atoms with Gasteiger partial charge in [0.15, 0.2) is 0 Å². The van der Waals surface area contributed by atoms with Crippen molar-refractivity contribution in [3.8, 4) is 0 Å². The molecule has 0 radical (unpaired) electrons. The zero-order chi connectivity index (χ0) is 16.3. The molecule has 0 unspecified atom stereocenters. The van der Waals surface area contributed by atoms with Crippen molar-refractivity contribution in [1.82, 2.24) is 0 Å². The van der Waals surface area contributed by atoms with Gasteiger partial charge in [-0.05, 0) is 55.3 Å². The van der Waals surface area contributed by atoms with Crippen LogP contribution in [0.1, 0.15) is 21.5 Å². The molecule has 0 atom stereocenters. The summed E-state index contributed by atoms with van der Waals surface area (Å²) in [5.41, 5.74) is 3.40. The summed E-state index contributed by atoms with van der Waals surface area (Å²) in [5, 5.41) is 2.82. The van der Waals surface area contributed by atoms with Gasteiger partial charge in [0, 0.05) is 11.3 Å². The van der Waals surface area contributed by atoms with Crippen molar-refractivity contribution in [1.29, 1.82) is 0 Å². The standard InChI is InChI=1S/C16H18N2O3S/c1-11-5-4-6-14(9-11)17-16(19)13-7-8-15(12(2)10-13)18-22(3,20)21/h4-10,18H,1-3H3,(H,17,19). The summed E-state index contributed by atoms with van der Waals surface area (Å²) < 4.78 is 24.9. The molecule has 2 aromatic carbocycles. The average molecular weight is 318 g/mol. The Balaban J connectivity index is 2.19. The molecular weight excluding hydrogens is 300 g/mol. The number of amides is 1. The molecule has 116 valence electrons. The molecule has 2 N–H and O–H groups in total.